The van der Waals surface area contributed by atoms with Crippen LogP contribution in [0.25, 0.3) is 10.9 Å². The number of nitrogens with one attached hydrogen (secondary N) is 1. The third-order valence-corrected chi connectivity index (χ3v) is 8.59. The van der Waals surface area contributed by atoms with Crippen LogP contribution in [0.1, 0.15) is 93.2 Å². The Hall–Kier alpha value is -2.06. The van der Waals surface area contributed by atoms with E-state index in [1.54, 1.807) is 0 Å². The highest BCUT2D eigenvalue weighted by molar-refractivity contribution is 5.85. The van der Waals surface area contributed by atoms with E-state index in [1.165, 1.54) is 105 Å². The zero-order valence-electron chi connectivity index (χ0n) is 21.3. The molecule has 3 aromatic rings. The van der Waals surface area contributed by atoms with Gasteiger partial charge in [0.25, 0.3) is 0 Å². The minimum atomic E-state index is 0.441. The van der Waals surface area contributed by atoms with Gasteiger partial charge >= 0.3 is 0 Å². The number of hydrogen-bond acceptors (Lipinski definition) is 1. The summed E-state index contributed by atoms with van der Waals surface area (Å²) in [7, 11) is 0. The van der Waals surface area contributed by atoms with Crippen molar-refractivity contribution in [2.75, 3.05) is 13.1 Å². The van der Waals surface area contributed by atoms with Gasteiger partial charge in [-0.25, -0.2) is 0 Å². The fourth-order valence-electron chi connectivity index (χ4n) is 6.68. The molecular formula is C32H44N2. The summed E-state index contributed by atoms with van der Waals surface area (Å²) in [5.41, 5.74) is 5.79. The van der Waals surface area contributed by atoms with E-state index in [-0.39, 0.29) is 0 Å². The number of hydrogen-bond donors (Lipinski definition) is 1. The summed E-state index contributed by atoms with van der Waals surface area (Å²) in [6.07, 6.45) is 17.9. The maximum absolute atomic E-state index is 3.85. The van der Waals surface area contributed by atoms with Gasteiger partial charge in [-0.15, -0.1) is 0 Å². The van der Waals surface area contributed by atoms with E-state index in [4.69, 9.17) is 0 Å². The maximum atomic E-state index is 3.85. The average molecular weight is 457 g/mol. The van der Waals surface area contributed by atoms with E-state index >= 15 is 0 Å². The number of nitrogens with zero attached hydrogens (tertiary/aromatic N) is 1. The van der Waals surface area contributed by atoms with Gasteiger partial charge in [0.05, 0.1) is 0 Å². The van der Waals surface area contributed by atoms with Crippen LogP contribution >= 0.6 is 0 Å². The molecule has 0 spiro atoms. The first-order chi connectivity index (χ1) is 16.8. The number of fused-ring (bicyclic) bond motifs is 1. The summed E-state index contributed by atoms with van der Waals surface area (Å²) < 4.78 is 2.60. The van der Waals surface area contributed by atoms with Crippen molar-refractivity contribution in [1.82, 2.24) is 9.88 Å². The minimum absolute atomic E-state index is 0.441. The molecule has 1 aromatic heterocycles. The number of para-hydroxylation sites is 1. The van der Waals surface area contributed by atoms with Crippen LogP contribution in [0.15, 0.2) is 54.7 Å². The smallest absolute Gasteiger partial charge is 0.0483 e. The highest BCUT2D eigenvalue weighted by Gasteiger charge is 2.22. The van der Waals surface area contributed by atoms with E-state index in [1.807, 2.05) is 0 Å². The second-order valence-corrected chi connectivity index (χ2v) is 11.2. The molecule has 2 aromatic carbocycles. The normalized spacial score (nSPS) is 19.0. The Morgan fingerprint density at radius 1 is 0.853 bits per heavy atom. The van der Waals surface area contributed by atoms with Gasteiger partial charge in [-0.1, -0.05) is 86.6 Å². The molecule has 2 fully saturated rings. The van der Waals surface area contributed by atoms with Gasteiger partial charge in [0.15, 0.2) is 0 Å². The van der Waals surface area contributed by atoms with Crippen molar-refractivity contribution in [1.29, 1.82) is 0 Å². The van der Waals surface area contributed by atoms with Crippen molar-refractivity contribution >= 4 is 10.9 Å². The predicted octanol–water partition coefficient (Wildman–Crippen LogP) is 8.22. The van der Waals surface area contributed by atoms with Crippen molar-refractivity contribution in [2.24, 2.45) is 11.8 Å². The Labute approximate surface area is 207 Å². The molecule has 0 aliphatic heterocycles. The van der Waals surface area contributed by atoms with Crippen LogP contribution in [0, 0.1) is 18.8 Å². The first-order valence-electron chi connectivity index (χ1n) is 14.1. The zero-order chi connectivity index (χ0) is 23.2. The van der Waals surface area contributed by atoms with E-state index in [0.717, 1.165) is 24.8 Å². The molecule has 2 nitrogen and oxygen atoms in total. The molecule has 0 amide bonds. The maximum Gasteiger partial charge on any atom is 0.0483 e. The average Bonchev–Trinajstić information content (AvgIpc) is 3.23. The summed E-state index contributed by atoms with van der Waals surface area (Å²) >= 11 is 0. The third kappa shape index (κ3) is 5.77. The lowest BCUT2D eigenvalue weighted by atomic mass is 9.87. The van der Waals surface area contributed by atoms with E-state index in [9.17, 15) is 0 Å². The molecule has 2 saturated carbocycles. The van der Waals surface area contributed by atoms with Gasteiger partial charge in [0, 0.05) is 29.6 Å². The molecule has 2 heteroatoms. The Bertz CT molecular complexity index is 1040. The molecule has 5 rings (SSSR count). The van der Waals surface area contributed by atoms with Crippen LogP contribution in [-0.2, 0) is 6.54 Å². The molecule has 1 atom stereocenters. The quantitative estimate of drug-likeness (QED) is 0.321. The van der Waals surface area contributed by atoms with Crippen molar-refractivity contribution in [3.05, 3.63) is 71.4 Å². The van der Waals surface area contributed by atoms with Crippen LogP contribution in [0.2, 0.25) is 0 Å². The standard InChI is InChI=1S/C32H44N2/c1-25-11-10-16-28(21-25)29(19-20-33-22-26-12-4-2-5-13-26)31-24-34(23-27-14-6-3-7-15-27)32-18-9-8-17-30(31)32/h8-11,16-18,21,24,26-27,29,33H,2-7,12-15,19-20,22-23H2,1H3. The van der Waals surface area contributed by atoms with E-state index in [2.05, 4.69) is 71.5 Å². The second kappa shape index (κ2) is 11.6. The summed E-state index contributed by atoms with van der Waals surface area (Å²) in [5, 5.41) is 5.31. The van der Waals surface area contributed by atoms with Gasteiger partial charge in [0.2, 0.25) is 0 Å². The molecule has 1 N–H and O–H groups in total. The Kier molecular flexibility index (Phi) is 8.06. The second-order valence-electron chi connectivity index (χ2n) is 11.2. The largest absolute Gasteiger partial charge is 0.347 e. The van der Waals surface area contributed by atoms with Gasteiger partial charge < -0.3 is 9.88 Å². The fourth-order valence-corrected chi connectivity index (χ4v) is 6.68. The molecular weight excluding hydrogens is 412 g/mol. The lowest BCUT2D eigenvalue weighted by Crippen LogP contribution is -2.26. The number of aryl methyl sites for hydroxylation is 1. The van der Waals surface area contributed by atoms with Crippen molar-refractivity contribution in [3.63, 3.8) is 0 Å². The molecule has 0 radical (unpaired) electrons. The molecule has 2 aliphatic carbocycles. The Morgan fingerprint density at radius 2 is 1.59 bits per heavy atom. The molecule has 0 bridgehead atoms. The number of rotatable bonds is 9. The molecule has 2 aliphatic rings. The first-order valence-corrected chi connectivity index (χ1v) is 14.1. The van der Waals surface area contributed by atoms with E-state index in [0.29, 0.717) is 5.92 Å². The summed E-state index contributed by atoms with van der Waals surface area (Å²) in [5.74, 6) is 2.17. The Balaban J connectivity index is 1.39. The van der Waals surface area contributed by atoms with Crippen molar-refractivity contribution in [3.8, 4) is 0 Å². The van der Waals surface area contributed by atoms with Crippen molar-refractivity contribution < 1.29 is 0 Å². The monoisotopic (exact) mass is 456 g/mol. The van der Waals surface area contributed by atoms with Gasteiger partial charge in [0.1, 0.15) is 0 Å². The molecule has 34 heavy (non-hydrogen) atoms. The van der Waals surface area contributed by atoms with Gasteiger partial charge in [-0.05, 0) is 81.1 Å². The van der Waals surface area contributed by atoms with Crippen LogP contribution in [0.3, 0.4) is 0 Å². The zero-order valence-corrected chi connectivity index (χ0v) is 21.3. The third-order valence-electron chi connectivity index (χ3n) is 8.59. The molecule has 1 heterocycles. The molecule has 1 unspecified atom stereocenters. The van der Waals surface area contributed by atoms with Crippen LogP contribution in [0.4, 0.5) is 0 Å². The van der Waals surface area contributed by atoms with Crippen LogP contribution < -0.4 is 5.32 Å². The highest BCUT2D eigenvalue weighted by Crippen LogP contribution is 2.36. The fraction of sp³-hybridized carbons (Fsp3) is 0.562. The van der Waals surface area contributed by atoms with Crippen molar-refractivity contribution in [2.45, 2.75) is 90.0 Å². The molecule has 0 saturated heterocycles. The Morgan fingerprint density at radius 3 is 2.35 bits per heavy atom. The van der Waals surface area contributed by atoms with Gasteiger partial charge in [-0.2, -0.15) is 0 Å². The van der Waals surface area contributed by atoms with Crippen LogP contribution in [0.5, 0.6) is 0 Å². The predicted molar refractivity (Wildman–Crippen MR) is 146 cm³/mol. The number of aromatic nitrogens is 1. The summed E-state index contributed by atoms with van der Waals surface area (Å²) in [6, 6.07) is 18.4. The topological polar surface area (TPSA) is 17.0 Å². The minimum Gasteiger partial charge on any atom is -0.347 e. The summed E-state index contributed by atoms with van der Waals surface area (Å²) in [4.78, 5) is 0. The first kappa shape index (κ1) is 23.7. The van der Waals surface area contributed by atoms with E-state index < -0.39 is 0 Å². The SMILES string of the molecule is Cc1cccc(C(CCNCC2CCCCC2)c2cn(CC3CCCCC3)c3ccccc23)c1. The lowest BCUT2D eigenvalue weighted by Gasteiger charge is -2.23. The highest BCUT2D eigenvalue weighted by atomic mass is 15.0. The number of benzene rings is 2. The van der Waals surface area contributed by atoms with Gasteiger partial charge in [-0.3, -0.25) is 0 Å². The summed E-state index contributed by atoms with van der Waals surface area (Å²) in [6.45, 7) is 5.70. The lowest BCUT2D eigenvalue weighted by molar-refractivity contribution is 0.322. The molecule has 182 valence electrons. The van der Waals surface area contributed by atoms with Crippen LogP contribution in [-0.4, -0.2) is 17.7 Å².